The molecule has 2 aliphatic heterocycles. The smallest absolute Gasteiger partial charge is 0.187 e. The maximum Gasteiger partial charge on any atom is 0.187 e. The Morgan fingerprint density at radius 3 is 2.08 bits per heavy atom. The number of carbonyl (C=O) groups excluding carboxylic acids is 3. The second-order valence-electron chi connectivity index (χ2n) is 10.2. The minimum atomic E-state index is -1.58. The molecule has 2 heterocycles. The van der Waals surface area contributed by atoms with Crippen LogP contribution in [-0.4, -0.2) is 41.7 Å². The third-order valence-corrected chi connectivity index (χ3v) is 8.38. The third kappa shape index (κ3) is 3.08. The number of hydrazone groups is 1. The maximum absolute atomic E-state index is 14.7. The van der Waals surface area contributed by atoms with E-state index < -0.39 is 23.4 Å². The maximum atomic E-state index is 14.7. The van der Waals surface area contributed by atoms with Gasteiger partial charge in [0.05, 0.1) is 19.4 Å². The fraction of sp³-hybridized carbons (Fsp3) is 0.152. The highest BCUT2D eigenvalue weighted by Gasteiger charge is 2.72. The standard InChI is InChI=1S/C33H24N2O4/c1-39-23-17-15-20(16-18-23)27-28(29(36)21-9-3-2-4-10-21)35-30(24-12-6-5-11-22(24)19-34-35)33(27)31(37)25-13-7-8-14-26(25)32(33)38/h2-19,27-28,30H,1H3. The topological polar surface area (TPSA) is 76.0 Å². The van der Waals surface area contributed by atoms with Gasteiger partial charge in [-0.05, 0) is 28.8 Å². The number of fused-ring (bicyclic) bond motifs is 5. The number of hydrogen-bond donors (Lipinski definition) is 0. The van der Waals surface area contributed by atoms with Crippen molar-refractivity contribution in [3.05, 3.63) is 137 Å². The molecule has 1 spiro atoms. The van der Waals surface area contributed by atoms with Crippen molar-refractivity contribution in [2.24, 2.45) is 10.5 Å². The molecule has 7 rings (SSSR count). The molecular weight excluding hydrogens is 488 g/mol. The van der Waals surface area contributed by atoms with E-state index in [1.807, 2.05) is 54.6 Å². The van der Waals surface area contributed by atoms with Gasteiger partial charge in [-0.25, -0.2) is 0 Å². The van der Waals surface area contributed by atoms with E-state index in [-0.39, 0.29) is 17.3 Å². The van der Waals surface area contributed by atoms with Gasteiger partial charge in [0.2, 0.25) is 0 Å². The van der Waals surface area contributed by atoms with Gasteiger partial charge >= 0.3 is 0 Å². The first-order valence-corrected chi connectivity index (χ1v) is 12.9. The molecule has 0 amide bonds. The predicted octanol–water partition coefficient (Wildman–Crippen LogP) is 5.50. The van der Waals surface area contributed by atoms with Gasteiger partial charge in [-0.15, -0.1) is 0 Å². The van der Waals surface area contributed by atoms with Crippen LogP contribution in [0.3, 0.4) is 0 Å². The van der Waals surface area contributed by atoms with Gasteiger partial charge in [-0.1, -0.05) is 91.0 Å². The Morgan fingerprint density at radius 2 is 1.41 bits per heavy atom. The highest BCUT2D eigenvalue weighted by molar-refractivity contribution is 6.31. The fourth-order valence-corrected chi connectivity index (χ4v) is 6.73. The molecule has 1 aliphatic carbocycles. The van der Waals surface area contributed by atoms with Gasteiger partial charge in [0.15, 0.2) is 17.3 Å². The van der Waals surface area contributed by atoms with E-state index in [0.29, 0.717) is 28.0 Å². The Labute approximate surface area is 225 Å². The molecule has 1 fully saturated rings. The summed E-state index contributed by atoms with van der Waals surface area (Å²) in [6.07, 6.45) is 1.72. The van der Waals surface area contributed by atoms with Crippen molar-refractivity contribution in [3.63, 3.8) is 0 Å². The lowest BCUT2D eigenvalue weighted by Crippen LogP contribution is -2.43. The van der Waals surface area contributed by atoms with E-state index in [2.05, 4.69) is 0 Å². The molecule has 0 N–H and O–H groups in total. The summed E-state index contributed by atoms with van der Waals surface area (Å²) in [4.78, 5) is 43.7. The summed E-state index contributed by atoms with van der Waals surface area (Å²) in [7, 11) is 1.58. The SMILES string of the molecule is COc1ccc(C2C(C(=O)c3ccccc3)N3N=Cc4ccccc4C3C23C(=O)c2ccccc2C3=O)cc1. The van der Waals surface area contributed by atoms with Crippen LogP contribution in [0.1, 0.15) is 59.7 Å². The molecule has 0 saturated carbocycles. The van der Waals surface area contributed by atoms with E-state index in [1.54, 1.807) is 66.9 Å². The molecular formula is C33H24N2O4. The quantitative estimate of drug-likeness (QED) is 0.267. The van der Waals surface area contributed by atoms with Crippen LogP contribution in [-0.2, 0) is 0 Å². The zero-order valence-electron chi connectivity index (χ0n) is 21.2. The Balaban J connectivity index is 1.55. The lowest BCUT2D eigenvalue weighted by Gasteiger charge is -2.36. The first-order chi connectivity index (χ1) is 19.1. The zero-order chi connectivity index (χ0) is 26.7. The number of carbonyl (C=O) groups is 3. The Morgan fingerprint density at radius 1 is 0.795 bits per heavy atom. The minimum absolute atomic E-state index is 0.189. The summed E-state index contributed by atoms with van der Waals surface area (Å²) in [5, 5.41) is 6.50. The molecule has 39 heavy (non-hydrogen) atoms. The third-order valence-electron chi connectivity index (χ3n) is 8.38. The number of ether oxygens (including phenoxy) is 1. The average Bonchev–Trinajstić information content (AvgIpc) is 3.43. The van der Waals surface area contributed by atoms with Gasteiger partial charge in [0, 0.05) is 22.6 Å². The molecule has 3 unspecified atom stereocenters. The Hall–Kier alpha value is -4.84. The number of benzene rings is 4. The zero-order valence-corrected chi connectivity index (χ0v) is 21.2. The molecule has 6 heteroatoms. The second kappa shape index (κ2) is 8.60. The fourth-order valence-electron chi connectivity index (χ4n) is 6.73. The number of nitrogens with zero attached hydrogens (tertiary/aromatic N) is 2. The van der Waals surface area contributed by atoms with Crippen molar-refractivity contribution in [1.29, 1.82) is 0 Å². The second-order valence-corrected chi connectivity index (χ2v) is 10.2. The van der Waals surface area contributed by atoms with Crippen molar-refractivity contribution >= 4 is 23.6 Å². The van der Waals surface area contributed by atoms with Gasteiger partial charge in [0.1, 0.15) is 17.2 Å². The van der Waals surface area contributed by atoms with Gasteiger partial charge in [0.25, 0.3) is 0 Å². The molecule has 0 aromatic heterocycles. The molecule has 4 aromatic rings. The van der Waals surface area contributed by atoms with E-state index in [9.17, 15) is 14.4 Å². The van der Waals surface area contributed by atoms with Crippen LogP contribution in [0.2, 0.25) is 0 Å². The molecule has 3 aliphatic rings. The van der Waals surface area contributed by atoms with Crippen LogP contribution in [0, 0.1) is 5.41 Å². The van der Waals surface area contributed by atoms with Crippen molar-refractivity contribution < 1.29 is 19.1 Å². The lowest BCUT2D eigenvalue weighted by molar-refractivity contribution is 0.0586. The first-order valence-electron chi connectivity index (χ1n) is 12.9. The first kappa shape index (κ1) is 23.3. The summed E-state index contributed by atoms with van der Waals surface area (Å²) in [6, 6.07) is 29.3. The van der Waals surface area contributed by atoms with Crippen LogP contribution in [0.15, 0.2) is 108 Å². The number of ketones is 3. The summed E-state index contributed by atoms with van der Waals surface area (Å²) in [6.45, 7) is 0. The van der Waals surface area contributed by atoms with Crippen molar-refractivity contribution in [1.82, 2.24) is 5.01 Å². The van der Waals surface area contributed by atoms with Crippen molar-refractivity contribution in [3.8, 4) is 5.75 Å². The molecule has 190 valence electrons. The molecule has 3 atom stereocenters. The van der Waals surface area contributed by atoms with Crippen LogP contribution in [0.4, 0.5) is 0 Å². The lowest BCUT2D eigenvalue weighted by atomic mass is 9.63. The molecule has 0 radical (unpaired) electrons. The highest BCUT2D eigenvalue weighted by Crippen LogP contribution is 2.64. The number of rotatable bonds is 4. The Bertz CT molecular complexity index is 1640. The molecule has 4 aromatic carbocycles. The van der Waals surface area contributed by atoms with Gasteiger partial charge in [-0.3, -0.25) is 19.4 Å². The largest absolute Gasteiger partial charge is 0.497 e. The van der Waals surface area contributed by atoms with Crippen molar-refractivity contribution in [2.75, 3.05) is 7.11 Å². The van der Waals surface area contributed by atoms with Gasteiger partial charge < -0.3 is 4.74 Å². The van der Waals surface area contributed by atoms with E-state index in [1.165, 1.54) is 0 Å². The average molecular weight is 513 g/mol. The number of hydrogen-bond acceptors (Lipinski definition) is 6. The van der Waals surface area contributed by atoms with Crippen LogP contribution >= 0.6 is 0 Å². The van der Waals surface area contributed by atoms with E-state index in [0.717, 1.165) is 11.1 Å². The number of Topliss-reactive ketones (excluding diaryl/α,β-unsaturated/α-hetero) is 3. The highest BCUT2D eigenvalue weighted by atomic mass is 16.5. The monoisotopic (exact) mass is 512 g/mol. The van der Waals surface area contributed by atoms with Crippen LogP contribution in [0.25, 0.3) is 0 Å². The number of methoxy groups -OCH3 is 1. The van der Waals surface area contributed by atoms with Gasteiger partial charge in [-0.2, -0.15) is 5.10 Å². The summed E-state index contributed by atoms with van der Waals surface area (Å²) in [5.41, 5.74) is 2.05. The normalized spacial score (nSPS) is 22.0. The molecule has 6 nitrogen and oxygen atoms in total. The van der Waals surface area contributed by atoms with E-state index in [4.69, 9.17) is 9.84 Å². The predicted molar refractivity (Wildman–Crippen MR) is 146 cm³/mol. The summed E-state index contributed by atoms with van der Waals surface area (Å²) < 4.78 is 5.39. The van der Waals surface area contributed by atoms with Crippen LogP contribution in [0.5, 0.6) is 5.75 Å². The van der Waals surface area contributed by atoms with Crippen molar-refractivity contribution in [2.45, 2.75) is 18.0 Å². The Kier molecular flexibility index (Phi) is 5.13. The molecule has 1 saturated heterocycles. The van der Waals surface area contributed by atoms with E-state index >= 15 is 0 Å². The summed E-state index contributed by atoms with van der Waals surface area (Å²) >= 11 is 0. The minimum Gasteiger partial charge on any atom is -0.497 e. The summed E-state index contributed by atoms with van der Waals surface area (Å²) in [5.74, 6) is -0.878. The van der Waals surface area contributed by atoms with Crippen LogP contribution < -0.4 is 4.74 Å². The molecule has 0 bridgehead atoms.